The molecule has 0 spiro atoms. The van der Waals surface area contributed by atoms with Gasteiger partial charge >= 0.3 is 0 Å². The second-order valence-corrected chi connectivity index (χ2v) is 5.61. The average Bonchev–Trinajstić information content (AvgIpc) is 2.74. The third kappa shape index (κ3) is 1.84. The van der Waals surface area contributed by atoms with Gasteiger partial charge in [0.05, 0.1) is 6.10 Å². The van der Waals surface area contributed by atoms with Gasteiger partial charge in [-0.15, -0.1) is 0 Å². The predicted molar refractivity (Wildman–Crippen MR) is 70.2 cm³/mol. The number of hydrogen-bond donors (Lipinski definition) is 3. The van der Waals surface area contributed by atoms with Crippen LogP contribution in [0.4, 0.5) is 0 Å². The van der Waals surface area contributed by atoms with E-state index in [9.17, 15) is 10.2 Å². The van der Waals surface area contributed by atoms with Crippen LogP contribution in [0.5, 0.6) is 0 Å². The van der Waals surface area contributed by atoms with Crippen LogP contribution in [0.25, 0.3) is 0 Å². The van der Waals surface area contributed by atoms with Gasteiger partial charge in [-0.25, -0.2) is 0 Å². The maximum Gasteiger partial charge on any atom is 0.120 e. The van der Waals surface area contributed by atoms with E-state index in [1.54, 1.807) is 20.1 Å². The van der Waals surface area contributed by atoms with E-state index in [-0.39, 0.29) is 11.3 Å². The van der Waals surface area contributed by atoms with Crippen molar-refractivity contribution in [1.29, 1.82) is 0 Å². The second kappa shape index (κ2) is 4.78. The van der Waals surface area contributed by atoms with Crippen LogP contribution >= 0.6 is 0 Å². The molecule has 0 radical (unpaired) electrons. The van der Waals surface area contributed by atoms with Crippen LogP contribution in [0.1, 0.15) is 13.8 Å². The van der Waals surface area contributed by atoms with Crippen LogP contribution in [0.15, 0.2) is 24.3 Å². The summed E-state index contributed by atoms with van der Waals surface area (Å²) >= 11 is 0. The molecule has 3 N–H and O–H groups in total. The molecule has 2 aliphatic rings. The van der Waals surface area contributed by atoms with Gasteiger partial charge in [0.1, 0.15) is 11.7 Å². The van der Waals surface area contributed by atoms with Crippen LogP contribution in [-0.4, -0.2) is 48.2 Å². The molecule has 4 heteroatoms. The van der Waals surface area contributed by atoms with Crippen molar-refractivity contribution in [3.8, 4) is 0 Å². The van der Waals surface area contributed by atoms with Gasteiger partial charge in [0, 0.05) is 31.5 Å². The lowest BCUT2D eigenvalue weighted by atomic mass is 9.65. The summed E-state index contributed by atoms with van der Waals surface area (Å²) in [4.78, 5) is 0. The Hall–Kier alpha value is -0.680. The summed E-state index contributed by atoms with van der Waals surface area (Å²) in [5.74, 6) is 0.0196. The number of ether oxygens (including phenoxy) is 1. The molecule has 102 valence electrons. The Kier molecular flexibility index (Phi) is 3.65. The summed E-state index contributed by atoms with van der Waals surface area (Å²) in [7, 11) is 1.62. The quantitative estimate of drug-likeness (QED) is 0.684. The van der Waals surface area contributed by atoms with Crippen molar-refractivity contribution in [2.75, 3.05) is 20.2 Å². The summed E-state index contributed by atoms with van der Waals surface area (Å²) in [6.45, 7) is 5.30. The van der Waals surface area contributed by atoms with Crippen LogP contribution < -0.4 is 5.32 Å². The molecule has 5 unspecified atom stereocenters. The van der Waals surface area contributed by atoms with Crippen molar-refractivity contribution >= 4 is 0 Å². The van der Waals surface area contributed by atoms with Gasteiger partial charge in [-0.05, 0) is 13.0 Å². The van der Waals surface area contributed by atoms with Crippen molar-refractivity contribution in [3.63, 3.8) is 0 Å². The van der Waals surface area contributed by atoms with Crippen molar-refractivity contribution in [3.05, 3.63) is 24.3 Å². The van der Waals surface area contributed by atoms with E-state index in [0.717, 1.165) is 13.1 Å². The van der Waals surface area contributed by atoms with Gasteiger partial charge in [0.2, 0.25) is 0 Å². The molecule has 1 aliphatic heterocycles. The van der Waals surface area contributed by atoms with Gasteiger partial charge < -0.3 is 20.3 Å². The van der Waals surface area contributed by atoms with E-state index in [1.807, 2.05) is 25.2 Å². The van der Waals surface area contributed by atoms with E-state index in [2.05, 4.69) is 5.32 Å². The third-order valence-corrected chi connectivity index (χ3v) is 4.73. The van der Waals surface area contributed by atoms with Gasteiger partial charge in [0.15, 0.2) is 0 Å². The van der Waals surface area contributed by atoms with Crippen LogP contribution in [0.3, 0.4) is 0 Å². The van der Waals surface area contributed by atoms with Gasteiger partial charge in [-0.2, -0.15) is 0 Å². The van der Waals surface area contributed by atoms with Crippen molar-refractivity contribution in [2.45, 2.75) is 31.7 Å². The fraction of sp³-hybridized carbons (Fsp3) is 0.714. The summed E-state index contributed by atoms with van der Waals surface area (Å²) in [6, 6.07) is 0. The number of aliphatic hydroxyl groups excluding tert-OH is 2. The molecule has 4 nitrogen and oxygen atoms in total. The molecule has 0 saturated carbocycles. The van der Waals surface area contributed by atoms with Crippen molar-refractivity contribution in [2.24, 2.45) is 11.3 Å². The normalized spacial score (nSPS) is 45.4. The lowest BCUT2D eigenvalue weighted by Gasteiger charge is -2.46. The first-order valence-electron chi connectivity index (χ1n) is 6.45. The Balaban J connectivity index is 2.39. The van der Waals surface area contributed by atoms with Crippen molar-refractivity contribution in [1.82, 2.24) is 5.32 Å². The first kappa shape index (κ1) is 13.7. The molecule has 1 heterocycles. The largest absolute Gasteiger partial charge is 0.393 e. The minimum absolute atomic E-state index is 0.0196. The minimum Gasteiger partial charge on any atom is -0.393 e. The standard InChI is InChI=1S/C14H23NO3/c1-10(16)13(2)9-15-8-11(13)14(18-3)7-5-4-6-12(14)17/h4-7,10-12,15-17H,8-9H2,1-3H3. The maximum absolute atomic E-state index is 10.3. The first-order chi connectivity index (χ1) is 8.47. The third-order valence-electron chi connectivity index (χ3n) is 4.73. The monoisotopic (exact) mass is 253 g/mol. The average molecular weight is 253 g/mol. The van der Waals surface area contributed by atoms with E-state index in [4.69, 9.17) is 4.74 Å². The van der Waals surface area contributed by atoms with E-state index >= 15 is 0 Å². The van der Waals surface area contributed by atoms with Crippen LogP contribution in [0, 0.1) is 11.3 Å². The Bertz CT molecular complexity index is 366. The number of hydrogen-bond acceptors (Lipinski definition) is 4. The van der Waals surface area contributed by atoms with E-state index in [1.165, 1.54) is 0 Å². The Morgan fingerprint density at radius 1 is 1.44 bits per heavy atom. The highest BCUT2D eigenvalue weighted by atomic mass is 16.5. The number of nitrogens with one attached hydrogen (secondary N) is 1. The Labute approximate surface area is 108 Å². The van der Waals surface area contributed by atoms with E-state index in [0.29, 0.717) is 0 Å². The van der Waals surface area contributed by atoms with Gasteiger partial charge in [-0.3, -0.25) is 0 Å². The summed E-state index contributed by atoms with van der Waals surface area (Å²) in [5.41, 5.74) is -1.07. The molecular formula is C14H23NO3. The Morgan fingerprint density at radius 3 is 2.72 bits per heavy atom. The lowest BCUT2D eigenvalue weighted by Crippen LogP contribution is -2.56. The molecule has 1 fully saturated rings. The van der Waals surface area contributed by atoms with Crippen LogP contribution in [0.2, 0.25) is 0 Å². The summed E-state index contributed by atoms with van der Waals surface area (Å²) in [6.07, 6.45) is 6.23. The fourth-order valence-corrected chi connectivity index (χ4v) is 3.23. The molecular weight excluding hydrogens is 230 g/mol. The predicted octanol–water partition coefficient (Wildman–Crippen LogP) is 0.465. The minimum atomic E-state index is -0.760. The zero-order chi connectivity index (χ0) is 13.4. The molecule has 18 heavy (non-hydrogen) atoms. The zero-order valence-electron chi connectivity index (χ0n) is 11.3. The van der Waals surface area contributed by atoms with Gasteiger partial charge in [-0.1, -0.05) is 25.2 Å². The molecule has 0 bridgehead atoms. The van der Waals surface area contributed by atoms with E-state index < -0.39 is 17.8 Å². The highest BCUT2D eigenvalue weighted by Crippen LogP contribution is 2.45. The molecule has 1 aliphatic carbocycles. The highest BCUT2D eigenvalue weighted by Gasteiger charge is 2.55. The number of rotatable bonds is 3. The van der Waals surface area contributed by atoms with Gasteiger partial charge in [0.25, 0.3) is 0 Å². The first-order valence-corrected chi connectivity index (χ1v) is 6.45. The Morgan fingerprint density at radius 2 is 2.17 bits per heavy atom. The topological polar surface area (TPSA) is 61.7 Å². The summed E-state index contributed by atoms with van der Waals surface area (Å²) < 4.78 is 5.68. The molecule has 2 rings (SSSR count). The fourth-order valence-electron chi connectivity index (χ4n) is 3.23. The van der Waals surface area contributed by atoms with Crippen molar-refractivity contribution < 1.29 is 14.9 Å². The number of methoxy groups -OCH3 is 1. The highest BCUT2D eigenvalue weighted by molar-refractivity contribution is 5.27. The smallest absolute Gasteiger partial charge is 0.120 e. The zero-order valence-corrected chi connectivity index (χ0v) is 11.3. The molecule has 0 aromatic rings. The summed E-state index contributed by atoms with van der Waals surface area (Å²) in [5, 5.41) is 23.7. The SMILES string of the molecule is COC1(C2CNCC2(C)C(C)O)C=CC=CC1O. The molecule has 0 aromatic heterocycles. The molecule has 0 amide bonds. The molecule has 1 saturated heterocycles. The maximum atomic E-state index is 10.3. The number of allylic oxidation sites excluding steroid dienone is 2. The second-order valence-electron chi connectivity index (χ2n) is 5.61. The lowest BCUT2D eigenvalue weighted by molar-refractivity contribution is -0.126. The van der Waals surface area contributed by atoms with Crippen LogP contribution in [-0.2, 0) is 4.74 Å². The number of aliphatic hydroxyl groups is 2. The molecule has 0 aromatic carbocycles. The molecule has 5 atom stereocenters.